The number of carbonyl (C=O) groups is 2. The Kier molecular flexibility index (Phi) is 4.65. The van der Waals surface area contributed by atoms with Crippen molar-refractivity contribution in [1.29, 1.82) is 0 Å². The lowest BCUT2D eigenvalue weighted by atomic mass is 9.78. The summed E-state index contributed by atoms with van der Waals surface area (Å²) in [6.07, 6.45) is 5.63. The van der Waals surface area contributed by atoms with Crippen LogP contribution in [-0.2, 0) is 0 Å². The molecule has 2 aliphatic rings. The van der Waals surface area contributed by atoms with Gasteiger partial charge in [-0.05, 0) is 81.8 Å². The first-order chi connectivity index (χ1) is 14.8. The van der Waals surface area contributed by atoms with E-state index < -0.39 is 0 Å². The lowest BCUT2D eigenvalue weighted by molar-refractivity contribution is 0.0139. The van der Waals surface area contributed by atoms with Crippen LogP contribution in [0.3, 0.4) is 0 Å². The first kappa shape index (κ1) is 19.9. The lowest BCUT2D eigenvalue weighted by Crippen LogP contribution is -2.43. The number of benzene rings is 2. The van der Waals surface area contributed by atoms with E-state index in [0.29, 0.717) is 34.3 Å². The Morgan fingerprint density at radius 2 is 1.71 bits per heavy atom. The van der Waals surface area contributed by atoms with E-state index in [-0.39, 0.29) is 23.1 Å². The van der Waals surface area contributed by atoms with Crippen LogP contribution in [0.15, 0.2) is 34.7 Å². The number of ether oxygens (including phenoxy) is 1. The number of ketones is 1. The van der Waals surface area contributed by atoms with Gasteiger partial charge >= 0.3 is 0 Å². The summed E-state index contributed by atoms with van der Waals surface area (Å²) >= 11 is 0. The first-order valence-corrected chi connectivity index (χ1v) is 11.0. The molecule has 1 aromatic heterocycles. The maximum Gasteiger partial charge on any atom is 0.291 e. The number of hydrogen-bond acceptors (Lipinski definition) is 4. The van der Waals surface area contributed by atoms with Crippen LogP contribution in [0.1, 0.15) is 76.1 Å². The first-order valence-electron chi connectivity index (χ1n) is 11.0. The van der Waals surface area contributed by atoms with Crippen molar-refractivity contribution in [3.63, 3.8) is 0 Å². The third-order valence-electron chi connectivity index (χ3n) is 6.60. The van der Waals surface area contributed by atoms with Gasteiger partial charge in [-0.3, -0.25) is 9.59 Å². The molecular formula is C26H27NO4. The van der Waals surface area contributed by atoms with Crippen molar-refractivity contribution >= 4 is 28.3 Å². The molecule has 5 nitrogen and oxygen atoms in total. The van der Waals surface area contributed by atoms with Crippen LogP contribution in [0, 0.1) is 20.8 Å². The number of aryl methyl sites for hydroxylation is 3. The van der Waals surface area contributed by atoms with Gasteiger partial charge in [0, 0.05) is 16.6 Å². The topological polar surface area (TPSA) is 68.5 Å². The number of Topliss-reactive ketones (excluding diaryl/α,β-unsaturated/α-hetero) is 1. The number of amides is 1. The van der Waals surface area contributed by atoms with Gasteiger partial charge < -0.3 is 14.5 Å². The largest absolute Gasteiger partial charge is 0.486 e. The number of furan rings is 1. The normalized spacial score (nSPS) is 17.5. The number of fused-ring (bicyclic) bond motifs is 3. The van der Waals surface area contributed by atoms with Crippen molar-refractivity contribution in [2.45, 2.75) is 64.9 Å². The van der Waals surface area contributed by atoms with Crippen molar-refractivity contribution in [2.75, 3.05) is 5.32 Å². The fraction of sp³-hybridized carbons (Fsp3) is 0.385. The lowest BCUT2D eigenvalue weighted by Gasteiger charge is -2.40. The molecule has 1 spiro atoms. The monoisotopic (exact) mass is 417 g/mol. The van der Waals surface area contributed by atoms with E-state index in [2.05, 4.69) is 11.4 Å². The van der Waals surface area contributed by atoms with Gasteiger partial charge in [0.25, 0.3) is 5.91 Å². The molecule has 1 amide bonds. The van der Waals surface area contributed by atoms with Crippen LogP contribution < -0.4 is 10.1 Å². The Morgan fingerprint density at radius 1 is 1.00 bits per heavy atom. The summed E-state index contributed by atoms with van der Waals surface area (Å²) in [5, 5.41) is 3.62. The zero-order valence-corrected chi connectivity index (χ0v) is 18.3. The molecule has 160 valence electrons. The molecule has 1 N–H and O–H groups in total. The molecule has 2 heterocycles. The minimum absolute atomic E-state index is 0.0823. The van der Waals surface area contributed by atoms with E-state index in [1.165, 1.54) is 6.42 Å². The summed E-state index contributed by atoms with van der Waals surface area (Å²) in [7, 11) is 0. The third kappa shape index (κ3) is 3.42. The minimum Gasteiger partial charge on any atom is -0.486 e. The van der Waals surface area contributed by atoms with E-state index >= 15 is 0 Å². The van der Waals surface area contributed by atoms with Gasteiger partial charge in [-0.2, -0.15) is 0 Å². The molecule has 0 unspecified atom stereocenters. The molecule has 1 aliphatic heterocycles. The van der Waals surface area contributed by atoms with Crippen LogP contribution in [0.5, 0.6) is 5.75 Å². The molecular weight excluding hydrogens is 390 g/mol. The maximum absolute atomic E-state index is 13.2. The molecule has 1 aliphatic carbocycles. The Bertz CT molecular complexity index is 1190. The number of hydrogen-bond donors (Lipinski definition) is 1. The SMILES string of the molecule is Cc1cc(C)cc(NC(=O)c2oc3ccc4c(c3c2C)C(=O)CC2(CCCCC2)O4)c1. The zero-order chi connectivity index (χ0) is 21.8. The van der Waals surface area contributed by atoms with Crippen molar-refractivity contribution in [3.05, 3.63) is 58.3 Å². The number of rotatable bonds is 2. The van der Waals surface area contributed by atoms with Crippen LogP contribution in [0.2, 0.25) is 0 Å². The van der Waals surface area contributed by atoms with Crippen molar-refractivity contribution in [1.82, 2.24) is 0 Å². The zero-order valence-electron chi connectivity index (χ0n) is 18.3. The number of nitrogens with one attached hydrogen (secondary N) is 1. The average molecular weight is 418 g/mol. The summed E-state index contributed by atoms with van der Waals surface area (Å²) in [5.41, 5.74) is 4.28. The molecule has 3 aromatic rings. The molecule has 1 fully saturated rings. The van der Waals surface area contributed by atoms with Crippen LogP contribution in [0.25, 0.3) is 11.0 Å². The molecule has 0 atom stereocenters. The van der Waals surface area contributed by atoms with Crippen molar-refractivity contribution in [3.8, 4) is 5.75 Å². The van der Waals surface area contributed by atoms with Crippen molar-refractivity contribution < 1.29 is 18.7 Å². The van der Waals surface area contributed by atoms with Gasteiger partial charge in [0.05, 0.1) is 12.0 Å². The molecule has 5 heteroatoms. The fourth-order valence-electron chi connectivity index (χ4n) is 5.26. The van der Waals surface area contributed by atoms with Crippen LogP contribution >= 0.6 is 0 Å². The van der Waals surface area contributed by atoms with Gasteiger partial charge in [0.1, 0.15) is 16.9 Å². The Morgan fingerprint density at radius 3 is 2.42 bits per heavy atom. The molecule has 0 bridgehead atoms. The van der Waals surface area contributed by atoms with Gasteiger partial charge in [0.15, 0.2) is 11.5 Å². The van der Waals surface area contributed by atoms with E-state index in [4.69, 9.17) is 9.15 Å². The van der Waals surface area contributed by atoms with E-state index in [1.54, 1.807) is 0 Å². The Balaban J connectivity index is 1.53. The Labute approximate surface area is 181 Å². The molecule has 2 aromatic carbocycles. The molecule has 1 saturated carbocycles. The highest BCUT2D eigenvalue weighted by atomic mass is 16.5. The van der Waals surface area contributed by atoms with E-state index in [0.717, 1.165) is 42.5 Å². The van der Waals surface area contributed by atoms with Gasteiger partial charge in [0.2, 0.25) is 0 Å². The summed E-state index contributed by atoms with van der Waals surface area (Å²) in [6, 6.07) is 9.53. The quantitative estimate of drug-likeness (QED) is 0.533. The molecule has 0 radical (unpaired) electrons. The molecule has 5 rings (SSSR count). The highest BCUT2D eigenvalue weighted by molar-refractivity contribution is 6.14. The second-order valence-corrected chi connectivity index (χ2v) is 9.14. The third-order valence-corrected chi connectivity index (χ3v) is 6.60. The van der Waals surface area contributed by atoms with Gasteiger partial charge in [-0.25, -0.2) is 0 Å². The fourth-order valence-corrected chi connectivity index (χ4v) is 5.26. The van der Waals surface area contributed by atoms with E-state index in [9.17, 15) is 9.59 Å². The maximum atomic E-state index is 13.2. The van der Waals surface area contributed by atoms with Crippen LogP contribution in [-0.4, -0.2) is 17.3 Å². The summed E-state index contributed by atoms with van der Waals surface area (Å²) in [5.74, 6) is 0.614. The molecule has 31 heavy (non-hydrogen) atoms. The standard InChI is InChI=1S/C26H27NO4/c1-15-11-16(2)13-18(12-15)27-25(29)24-17(3)22-20(30-24)7-8-21-23(22)19(28)14-26(31-21)9-5-4-6-10-26/h7-8,11-13H,4-6,9-10,14H2,1-3H3,(H,27,29). The van der Waals surface area contributed by atoms with Crippen LogP contribution in [0.4, 0.5) is 5.69 Å². The molecule has 0 saturated heterocycles. The predicted octanol–water partition coefficient (Wildman–Crippen LogP) is 6.28. The predicted molar refractivity (Wildman–Crippen MR) is 120 cm³/mol. The highest BCUT2D eigenvalue weighted by Crippen LogP contribution is 2.45. The minimum atomic E-state index is -0.364. The summed E-state index contributed by atoms with van der Waals surface area (Å²) in [4.78, 5) is 26.2. The summed E-state index contributed by atoms with van der Waals surface area (Å²) in [6.45, 7) is 5.82. The highest BCUT2D eigenvalue weighted by Gasteiger charge is 2.42. The number of carbonyl (C=O) groups excluding carboxylic acids is 2. The summed E-state index contributed by atoms with van der Waals surface area (Å²) < 4.78 is 12.3. The second kappa shape index (κ2) is 7.26. The van der Waals surface area contributed by atoms with Crippen molar-refractivity contribution in [2.24, 2.45) is 0 Å². The Hall–Kier alpha value is -3.08. The van der Waals surface area contributed by atoms with E-state index in [1.807, 2.05) is 45.0 Å². The van der Waals surface area contributed by atoms with Gasteiger partial charge in [-0.15, -0.1) is 0 Å². The average Bonchev–Trinajstić information content (AvgIpc) is 3.04. The van der Waals surface area contributed by atoms with Gasteiger partial charge in [-0.1, -0.05) is 12.5 Å². The second-order valence-electron chi connectivity index (χ2n) is 9.14. The number of anilines is 1. The smallest absolute Gasteiger partial charge is 0.291 e.